The van der Waals surface area contributed by atoms with Crippen LogP contribution >= 0.6 is 0 Å². The highest BCUT2D eigenvalue weighted by Crippen LogP contribution is 2.27. The lowest BCUT2D eigenvalue weighted by Crippen LogP contribution is -2.42. The Morgan fingerprint density at radius 2 is 2.13 bits per heavy atom. The van der Waals surface area contributed by atoms with Gasteiger partial charge in [-0.05, 0) is 31.6 Å². The summed E-state index contributed by atoms with van der Waals surface area (Å²) in [4.78, 5) is 25.9. The van der Waals surface area contributed by atoms with Gasteiger partial charge < -0.3 is 15.3 Å². The standard InChI is InChI=1S/C15H23N5O3/c21-10-11-3-2-6-19(7-11)14(22)9-20-8-13(17-18-20)16-15(23)12-4-1-5-12/h8,11-12,21H,1-7,9-10H2,(H,16,23). The molecule has 0 spiro atoms. The lowest BCUT2D eigenvalue weighted by atomic mass is 9.85. The zero-order valence-corrected chi connectivity index (χ0v) is 13.1. The fourth-order valence-corrected chi connectivity index (χ4v) is 3.01. The first-order valence-corrected chi connectivity index (χ1v) is 8.25. The number of carbonyl (C=O) groups excluding carboxylic acids is 2. The molecule has 2 N–H and O–H groups in total. The van der Waals surface area contributed by atoms with Gasteiger partial charge in [0.05, 0.1) is 6.20 Å². The van der Waals surface area contributed by atoms with E-state index in [2.05, 4.69) is 15.6 Å². The monoisotopic (exact) mass is 321 g/mol. The van der Waals surface area contributed by atoms with E-state index in [-0.39, 0.29) is 36.8 Å². The van der Waals surface area contributed by atoms with Crippen molar-refractivity contribution in [2.75, 3.05) is 25.0 Å². The summed E-state index contributed by atoms with van der Waals surface area (Å²) in [6.45, 7) is 1.53. The molecular formula is C15H23N5O3. The van der Waals surface area contributed by atoms with Crippen LogP contribution in [-0.4, -0.2) is 56.5 Å². The molecule has 8 nitrogen and oxygen atoms in total. The van der Waals surface area contributed by atoms with Crippen molar-refractivity contribution in [1.29, 1.82) is 0 Å². The highest BCUT2D eigenvalue weighted by Gasteiger charge is 2.26. The Labute approximate surface area is 134 Å². The first-order valence-electron chi connectivity index (χ1n) is 8.25. The van der Waals surface area contributed by atoms with E-state index in [1.165, 1.54) is 4.68 Å². The second-order valence-electron chi connectivity index (χ2n) is 6.45. The minimum atomic E-state index is -0.0371. The fourth-order valence-electron chi connectivity index (χ4n) is 3.01. The van der Waals surface area contributed by atoms with E-state index in [0.29, 0.717) is 12.4 Å². The third-order valence-corrected chi connectivity index (χ3v) is 4.69. The number of nitrogens with one attached hydrogen (secondary N) is 1. The van der Waals surface area contributed by atoms with Gasteiger partial charge in [-0.25, -0.2) is 4.68 Å². The predicted octanol–water partition coefficient (Wildman–Crippen LogP) is 0.248. The molecule has 0 aromatic carbocycles. The number of hydrogen-bond acceptors (Lipinski definition) is 5. The summed E-state index contributed by atoms with van der Waals surface area (Å²) in [5, 5.41) is 19.8. The van der Waals surface area contributed by atoms with E-state index in [1.54, 1.807) is 11.1 Å². The van der Waals surface area contributed by atoms with Crippen LogP contribution in [-0.2, 0) is 16.1 Å². The Bertz CT molecular complexity index is 569. The van der Waals surface area contributed by atoms with Crippen molar-refractivity contribution >= 4 is 17.6 Å². The molecule has 2 amide bonds. The number of aromatic nitrogens is 3. The summed E-state index contributed by atoms with van der Waals surface area (Å²) in [5.41, 5.74) is 0. The maximum atomic E-state index is 12.3. The SMILES string of the molecule is O=C(Nc1cn(CC(=O)N2CCCC(CO)C2)nn1)C1CCC1. The Balaban J connectivity index is 1.51. The molecule has 1 unspecified atom stereocenters. The zero-order valence-electron chi connectivity index (χ0n) is 13.1. The smallest absolute Gasteiger partial charge is 0.244 e. The van der Waals surface area contributed by atoms with Crippen LogP contribution in [0.1, 0.15) is 32.1 Å². The Morgan fingerprint density at radius 3 is 2.83 bits per heavy atom. The van der Waals surface area contributed by atoms with E-state index in [9.17, 15) is 14.7 Å². The van der Waals surface area contributed by atoms with Gasteiger partial charge in [0, 0.05) is 25.6 Å². The first-order chi connectivity index (χ1) is 11.2. The molecule has 1 aliphatic carbocycles. The van der Waals surface area contributed by atoms with Gasteiger partial charge in [0.25, 0.3) is 0 Å². The average Bonchev–Trinajstić information content (AvgIpc) is 2.92. The molecule has 1 saturated heterocycles. The molecule has 2 fully saturated rings. The van der Waals surface area contributed by atoms with Gasteiger partial charge in [-0.15, -0.1) is 5.10 Å². The van der Waals surface area contributed by atoms with E-state index < -0.39 is 0 Å². The van der Waals surface area contributed by atoms with Crippen LogP contribution in [0.2, 0.25) is 0 Å². The van der Waals surface area contributed by atoms with Crippen LogP contribution < -0.4 is 5.32 Å². The van der Waals surface area contributed by atoms with E-state index in [0.717, 1.165) is 38.6 Å². The maximum Gasteiger partial charge on any atom is 0.244 e. The van der Waals surface area contributed by atoms with Crippen LogP contribution in [0.5, 0.6) is 0 Å². The van der Waals surface area contributed by atoms with Crippen LogP contribution in [0.25, 0.3) is 0 Å². The molecule has 0 bridgehead atoms. The minimum absolute atomic E-state index is 0.0172. The summed E-state index contributed by atoms with van der Waals surface area (Å²) < 4.78 is 1.45. The Hall–Kier alpha value is -1.96. The molecule has 8 heteroatoms. The number of rotatable bonds is 5. The molecular weight excluding hydrogens is 298 g/mol. The van der Waals surface area contributed by atoms with Crippen molar-refractivity contribution < 1.29 is 14.7 Å². The zero-order chi connectivity index (χ0) is 16.2. The number of carbonyl (C=O) groups is 2. The number of aliphatic hydroxyl groups is 1. The quantitative estimate of drug-likeness (QED) is 0.809. The number of anilines is 1. The number of piperidine rings is 1. The number of likely N-dealkylation sites (tertiary alicyclic amines) is 1. The summed E-state index contributed by atoms with van der Waals surface area (Å²) in [7, 11) is 0. The molecule has 1 saturated carbocycles. The van der Waals surface area contributed by atoms with Crippen molar-refractivity contribution in [2.45, 2.75) is 38.6 Å². The summed E-state index contributed by atoms with van der Waals surface area (Å²) >= 11 is 0. The topological polar surface area (TPSA) is 100 Å². The first kappa shape index (κ1) is 15.9. The number of nitrogens with zero attached hydrogens (tertiary/aromatic N) is 4. The van der Waals surface area contributed by atoms with Crippen LogP contribution in [0.3, 0.4) is 0 Å². The van der Waals surface area contributed by atoms with Gasteiger partial charge in [-0.1, -0.05) is 11.6 Å². The maximum absolute atomic E-state index is 12.3. The second-order valence-corrected chi connectivity index (χ2v) is 6.45. The average molecular weight is 321 g/mol. The van der Waals surface area contributed by atoms with E-state index in [4.69, 9.17) is 0 Å². The molecule has 23 heavy (non-hydrogen) atoms. The third kappa shape index (κ3) is 3.87. The van der Waals surface area contributed by atoms with Crippen molar-refractivity contribution in [3.8, 4) is 0 Å². The molecule has 1 atom stereocenters. The van der Waals surface area contributed by atoms with Gasteiger partial charge >= 0.3 is 0 Å². The minimum Gasteiger partial charge on any atom is -0.396 e. The molecule has 126 valence electrons. The lowest BCUT2D eigenvalue weighted by Gasteiger charge is -2.31. The predicted molar refractivity (Wildman–Crippen MR) is 82.4 cm³/mol. The highest BCUT2D eigenvalue weighted by atomic mass is 16.3. The van der Waals surface area contributed by atoms with Crippen LogP contribution in [0, 0.1) is 11.8 Å². The molecule has 1 aliphatic heterocycles. The van der Waals surface area contributed by atoms with Crippen molar-refractivity contribution in [2.24, 2.45) is 11.8 Å². The normalized spacial score (nSPS) is 21.8. The number of aliphatic hydroxyl groups excluding tert-OH is 1. The molecule has 3 rings (SSSR count). The van der Waals surface area contributed by atoms with Crippen LogP contribution in [0.4, 0.5) is 5.82 Å². The largest absolute Gasteiger partial charge is 0.396 e. The van der Waals surface area contributed by atoms with Crippen molar-refractivity contribution in [3.63, 3.8) is 0 Å². The van der Waals surface area contributed by atoms with Gasteiger partial charge in [-0.3, -0.25) is 9.59 Å². The van der Waals surface area contributed by atoms with Crippen molar-refractivity contribution in [3.05, 3.63) is 6.20 Å². The highest BCUT2D eigenvalue weighted by molar-refractivity contribution is 5.92. The summed E-state index contributed by atoms with van der Waals surface area (Å²) in [6.07, 6.45) is 6.42. The van der Waals surface area contributed by atoms with E-state index in [1.807, 2.05) is 0 Å². The fraction of sp³-hybridized carbons (Fsp3) is 0.733. The molecule has 2 heterocycles. The van der Waals surface area contributed by atoms with Gasteiger partial charge in [0.15, 0.2) is 5.82 Å². The Morgan fingerprint density at radius 1 is 1.30 bits per heavy atom. The van der Waals surface area contributed by atoms with Crippen LogP contribution in [0.15, 0.2) is 6.20 Å². The molecule has 2 aliphatic rings. The second kappa shape index (κ2) is 7.08. The Kier molecular flexibility index (Phi) is 4.90. The lowest BCUT2D eigenvalue weighted by molar-refractivity contribution is -0.134. The summed E-state index contributed by atoms with van der Waals surface area (Å²) in [5.74, 6) is 0.592. The molecule has 1 aromatic heterocycles. The number of hydrogen-bond donors (Lipinski definition) is 2. The molecule has 1 aromatic rings. The summed E-state index contributed by atoms with van der Waals surface area (Å²) in [6, 6.07) is 0. The third-order valence-electron chi connectivity index (χ3n) is 4.69. The van der Waals surface area contributed by atoms with Gasteiger partial charge in [-0.2, -0.15) is 0 Å². The number of amides is 2. The van der Waals surface area contributed by atoms with Gasteiger partial charge in [0.1, 0.15) is 6.54 Å². The van der Waals surface area contributed by atoms with Gasteiger partial charge in [0.2, 0.25) is 11.8 Å². The van der Waals surface area contributed by atoms with E-state index >= 15 is 0 Å². The van der Waals surface area contributed by atoms with Crippen molar-refractivity contribution in [1.82, 2.24) is 19.9 Å². The molecule has 0 radical (unpaired) electrons.